The molecule has 1 saturated heterocycles. The third-order valence-electron chi connectivity index (χ3n) is 4.83. The van der Waals surface area contributed by atoms with Gasteiger partial charge in [-0.3, -0.25) is 0 Å². The van der Waals surface area contributed by atoms with E-state index in [0.717, 1.165) is 19.1 Å². The molecule has 0 bridgehead atoms. The summed E-state index contributed by atoms with van der Waals surface area (Å²) in [6.45, 7) is 3.04. The number of nitrogens with one attached hydrogen (secondary N) is 2. The van der Waals surface area contributed by atoms with Crippen LogP contribution in [-0.4, -0.2) is 36.6 Å². The number of nitrogens with zero attached hydrogens (tertiary/aromatic N) is 1. The molecule has 120 valence electrons. The highest BCUT2D eigenvalue weighted by molar-refractivity contribution is 6.33. The Morgan fingerprint density at radius 3 is 2.77 bits per heavy atom. The van der Waals surface area contributed by atoms with E-state index in [1.165, 1.54) is 38.6 Å². The Bertz CT molecular complexity index is 516. The Morgan fingerprint density at radius 1 is 1.23 bits per heavy atom. The minimum atomic E-state index is -0.174. The normalized spacial score (nSPS) is 22.9. The first-order valence-corrected chi connectivity index (χ1v) is 8.63. The second kappa shape index (κ2) is 7.34. The second-order valence-corrected chi connectivity index (χ2v) is 6.81. The van der Waals surface area contributed by atoms with Crippen molar-refractivity contribution in [2.24, 2.45) is 5.92 Å². The van der Waals surface area contributed by atoms with Crippen LogP contribution in [0.15, 0.2) is 24.3 Å². The van der Waals surface area contributed by atoms with Gasteiger partial charge in [-0.1, -0.05) is 36.6 Å². The molecule has 2 aliphatic rings. The van der Waals surface area contributed by atoms with Gasteiger partial charge < -0.3 is 15.5 Å². The number of likely N-dealkylation sites (tertiary alicyclic amines) is 1. The molecular formula is C17H24ClN3O. The van der Waals surface area contributed by atoms with Gasteiger partial charge in [0.15, 0.2) is 0 Å². The zero-order chi connectivity index (χ0) is 15.4. The predicted molar refractivity (Wildman–Crippen MR) is 90.4 cm³/mol. The maximum atomic E-state index is 12.0. The van der Waals surface area contributed by atoms with Crippen molar-refractivity contribution in [1.29, 1.82) is 0 Å². The molecule has 1 aromatic carbocycles. The van der Waals surface area contributed by atoms with Crippen LogP contribution >= 0.6 is 11.6 Å². The largest absolute Gasteiger partial charge is 0.338 e. The number of halogens is 1. The molecule has 0 radical (unpaired) electrons. The summed E-state index contributed by atoms with van der Waals surface area (Å²) < 4.78 is 0. The van der Waals surface area contributed by atoms with Gasteiger partial charge in [0.05, 0.1) is 10.7 Å². The number of hydrogen-bond donors (Lipinski definition) is 2. The molecule has 1 atom stereocenters. The van der Waals surface area contributed by atoms with Crippen molar-refractivity contribution in [2.45, 2.75) is 38.1 Å². The number of amides is 2. The number of carbonyl (C=O) groups excluding carboxylic acids is 1. The molecule has 2 amide bonds. The van der Waals surface area contributed by atoms with Crippen LogP contribution in [0.4, 0.5) is 10.5 Å². The topological polar surface area (TPSA) is 44.4 Å². The molecular weight excluding hydrogens is 298 g/mol. The van der Waals surface area contributed by atoms with Gasteiger partial charge in [0.2, 0.25) is 0 Å². The number of urea groups is 1. The molecule has 3 rings (SSSR count). The second-order valence-electron chi connectivity index (χ2n) is 6.40. The Kier molecular flexibility index (Phi) is 5.21. The third kappa shape index (κ3) is 3.93. The molecule has 1 saturated carbocycles. The van der Waals surface area contributed by atoms with E-state index in [1.807, 2.05) is 12.1 Å². The Hall–Kier alpha value is -1.26. The van der Waals surface area contributed by atoms with E-state index in [4.69, 9.17) is 11.6 Å². The monoisotopic (exact) mass is 321 g/mol. The van der Waals surface area contributed by atoms with Crippen molar-refractivity contribution < 1.29 is 4.79 Å². The molecule has 2 N–H and O–H groups in total. The van der Waals surface area contributed by atoms with Crippen molar-refractivity contribution in [1.82, 2.24) is 10.2 Å². The van der Waals surface area contributed by atoms with Crippen molar-refractivity contribution in [2.75, 3.05) is 25.0 Å². The zero-order valence-corrected chi connectivity index (χ0v) is 13.6. The molecule has 1 aliphatic heterocycles. The smallest absolute Gasteiger partial charge is 0.319 e. The molecule has 22 heavy (non-hydrogen) atoms. The molecule has 4 nitrogen and oxygen atoms in total. The highest BCUT2D eigenvalue weighted by Crippen LogP contribution is 2.28. The van der Waals surface area contributed by atoms with Crippen LogP contribution in [0.1, 0.15) is 32.1 Å². The maximum absolute atomic E-state index is 12.0. The summed E-state index contributed by atoms with van der Waals surface area (Å²) in [4.78, 5) is 14.6. The standard InChI is InChI=1S/C17H24ClN3O/c18-15-7-3-4-8-16(15)20-17(22)19-11-13-9-10-21(12-13)14-5-1-2-6-14/h3-4,7-8,13-14H,1-2,5-6,9-12H2,(H2,19,20,22)/t13-/m0/s1. The van der Waals surface area contributed by atoms with Crippen LogP contribution in [0.2, 0.25) is 5.02 Å². The van der Waals surface area contributed by atoms with E-state index in [2.05, 4.69) is 15.5 Å². The quantitative estimate of drug-likeness (QED) is 0.887. The van der Waals surface area contributed by atoms with E-state index in [9.17, 15) is 4.79 Å². The van der Waals surface area contributed by atoms with Crippen molar-refractivity contribution in [3.63, 3.8) is 0 Å². The Morgan fingerprint density at radius 2 is 2.00 bits per heavy atom. The fourth-order valence-electron chi connectivity index (χ4n) is 3.60. The lowest BCUT2D eigenvalue weighted by Crippen LogP contribution is -2.35. The van der Waals surface area contributed by atoms with Gasteiger partial charge in [-0.05, 0) is 43.9 Å². The van der Waals surface area contributed by atoms with Crippen LogP contribution in [0.3, 0.4) is 0 Å². The van der Waals surface area contributed by atoms with Crippen molar-refractivity contribution in [3.8, 4) is 0 Å². The Labute approximate surface area is 137 Å². The molecule has 1 heterocycles. The number of hydrogen-bond acceptors (Lipinski definition) is 2. The predicted octanol–water partition coefficient (Wildman–Crippen LogP) is 3.73. The number of benzene rings is 1. The molecule has 1 aliphatic carbocycles. The van der Waals surface area contributed by atoms with E-state index in [1.54, 1.807) is 12.1 Å². The number of para-hydroxylation sites is 1. The fraction of sp³-hybridized carbons (Fsp3) is 0.588. The maximum Gasteiger partial charge on any atom is 0.319 e. The summed E-state index contributed by atoms with van der Waals surface area (Å²) in [5, 5.41) is 6.34. The van der Waals surface area contributed by atoms with Crippen molar-refractivity contribution in [3.05, 3.63) is 29.3 Å². The molecule has 1 aromatic rings. The van der Waals surface area contributed by atoms with Gasteiger partial charge in [-0.15, -0.1) is 0 Å². The van der Waals surface area contributed by atoms with E-state index in [-0.39, 0.29) is 6.03 Å². The summed E-state index contributed by atoms with van der Waals surface area (Å²) >= 11 is 6.04. The minimum absolute atomic E-state index is 0.174. The van der Waals surface area contributed by atoms with Crippen LogP contribution in [-0.2, 0) is 0 Å². The molecule has 5 heteroatoms. The lowest BCUT2D eigenvalue weighted by Gasteiger charge is -2.23. The van der Waals surface area contributed by atoms with Gasteiger partial charge in [0, 0.05) is 19.1 Å². The first-order valence-electron chi connectivity index (χ1n) is 8.26. The lowest BCUT2D eigenvalue weighted by atomic mass is 10.1. The molecule has 0 aromatic heterocycles. The number of carbonyl (C=O) groups is 1. The summed E-state index contributed by atoms with van der Waals surface area (Å²) in [6.07, 6.45) is 6.65. The van der Waals surface area contributed by atoms with Gasteiger partial charge in [0.1, 0.15) is 0 Å². The zero-order valence-electron chi connectivity index (χ0n) is 12.9. The fourth-order valence-corrected chi connectivity index (χ4v) is 3.78. The summed E-state index contributed by atoms with van der Waals surface area (Å²) in [6, 6.07) is 7.90. The Balaban J connectivity index is 1.41. The lowest BCUT2D eigenvalue weighted by molar-refractivity contribution is 0.234. The van der Waals surface area contributed by atoms with Crippen molar-refractivity contribution >= 4 is 23.3 Å². The highest BCUT2D eigenvalue weighted by atomic mass is 35.5. The summed E-state index contributed by atoms with van der Waals surface area (Å²) in [7, 11) is 0. The van der Waals surface area contributed by atoms with E-state index in [0.29, 0.717) is 16.6 Å². The number of rotatable bonds is 4. The minimum Gasteiger partial charge on any atom is -0.338 e. The first kappa shape index (κ1) is 15.6. The SMILES string of the molecule is O=C(NC[C@@H]1CCN(C2CCCC2)C1)Nc1ccccc1Cl. The van der Waals surface area contributed by atoms with E-state index >= 15 is 0 Å². The van der Waals surface area contributed by atoms with Crippen LogP contribution in [0, 0.1) is 5.92 Å². The highest BCUT2D eigenvalue weighted by Gasteiger charge is 2.29. The molecule has 0 spiro atoms. The van der Waals surface area contributed by atoms with Crippen LogP contribution in [0.25, 0.3) is 0 Å². The first-order chi connectivity index (χ1) is 10.7. The molecule has 0 unspecified atom stereocenters. The van der Waals surface area contributed by atoms with E-state index < -0.39 is 0 Å². The summed E-state index contributed by atoms with van der Waals surface area (Å²) in [5.41, 5.74) is 0.653. The van der Waals surface area contributed by atoms with Gasteiger partial charge in [0.25, 0.3) is 0 Å². The third-order valence-corrected chi connectivity index (χ3v) is 5.16. The average Bonchev–Trinajstić information content (AvgIpc) is 3.18. The number of anilines is 1. The van der Waals surface area contributed by atoms with Gasteiger partial charge in [-0.2, -0.15) is 0 Å². The molecule has 2 fully saturated rings. The van der Waals surface area contributed by atoms with Gasteiger partial charge >= 0.3 is 6.03 Å². The van der Waals surface area contributed by atoms with Gasteiger partial charge in [-0.25, -0.2) is 4.79 Å². The summed E-state index contributed by atoms with van der Waals surface area (Å²) in [5.74, 6) is 0.567. The van der Waals surface area contributed by atoms with Crippen LogP contribution in [0.5, 0.6) is 0 Å². The average molecular weight is 322 g/mol. The van der Waals surface area contributed by atoms with Crippen LogP contribution < -0.4 is 10.6 Å².